The molecule has 0 aromatic rings. The molecule has 3 unspecified atom stereocenters. The van der Waals surface area contributed by atoms with Gasteiger partial charge in [0, 0.05) is 6.42 Å². The molecule has 2 fully saturated rings. The molecule has 0 aliphatic heterocycles. The van der Waals surface area contributed by atoms with Crippen LogP contribution in [-0.2, 0) is 4.79 Å². The van der Waals surface area contributed by atoms with Crippen molar-refractivity contribution in [3.05, 3.63) is 12.2 Å². The van der Waals surface area contributed by atoms with Crippen molar-refractivity contribution in [3.63, 3.8) is 0 Å². The van der Waals surface area contributed by atoms with Gasteiger partial charge in [-0.3, -0.25) is 4.79 Å². The maximum absolute atomic E-state index is 11.8. The zero-order valence-electron chi connectivity index (χ0n) is 10.0. The van der Waals surface area contributed by atoms with E-state index in [0.29, 0.717) is 11.2 Å². The quantitative estimate of drug-likeness (QED) is 0.640. The predicted molar refractivity (Wildman–Crippen MR) is 62.6 cm³/mol. The molecule has 15 heavy (non-hydrogen) atoms. The van der Waals surface area contributed by atoms with E-state index in [1.165, 1.54) is 32.1 Å². The first-order valence-corrected chi connectivity index (χ1v) is 6.26. The number of carbonyl (C=O) groups excluding carboxylic acids is 1. The number of allylic oxidation sites excluding steroid dienone is 1. The molecule has 0 N–H and O–H groups in total. The number of carbonyl (C=O) groups is 1. The normalized spacial score (nSPS) is 38.3. The smallest absolute Gasteiger partial charge is 0.158 e. The fraction of sp³-hybridized carbons (Fsp3) is 0.786. The second kappa shape index (κ2) is 3.77. The third-order valence-corrected chi connectivity index (χ3v) is 4.80. The van der Waals surface area contributed by atoms with E-state index < -0.39 is 0 Å². The lowest BCUT2D eigenvalue weighted by Gasteiger charge is -2.36. The van der Waals surface area contributed by atoms with Gasteiger partial charge in [0.2, 0.25) is 0 Å². The Hall–Kier alpha value is -0.590. The van der Waals surface area contributed by atoms with Gasteiger partial charge >= 0.3 is 0 Å². The molecule has 2 aliphatic carbocycles. The summed E-state index contributed by atoms with van der Waals surface area (Å²) >= 11 is 0. The summed E-state index contributed by atoms with van der Waals surface area (Å²) in [5, 5.41) is 0. The second-order valence-electron chi connectivity index (χ2n) is 5.68. The van der Waals surface area contributed by atoms with Crippen molar-refractivity contribution in [2.45, 2.75) is 52.4 Å². The zero-order chi connectivity index (χ0) is 11.1. The molecule has 0 heterocycles. The van der Waals surface area contributed by atoms with Crippen molar-refractivity contribution in [2.75, 3.05) is 0 Å². The van der Waals surface area contributed by atoms with Gasteiger partial charge in [-0.2, -0.15) is 0 Å². The van der Waals surface area contributed by atoms with E-state index in [-0.39, 0.29) is 0 Å². The summed E-state index contributed by atoms with van der Waals surface area (Å²) in [5.41, 5.74) is 1.09. The first-order valence-electron chi connectivity index (χ1n) is 6.26. The summed E-state index contributed by atoms with van der Waals surface area (Å²) in [6.07, 6.45) is 7.40. The zero-order valence-corrected chi connectivity index (χ0v) is 10.0. The first kappa shape index (κ1) is 10.9. The summed E-state index contributed by atoms with van der Waals surface area (Å²) in [6.45, 7) is 7.88. The van der Waals surface area contributed by atoms with Crippen LogP contribution in [0.3, 0.4) is 0 Å². The largest absolute Gasteiger partial charge is 0.295 e. The van der Waals surface area contributed by atoms with Gasteiger partial charge in [0.05, 0.1) is 0 Å². The minimum atomic E-state index is 0.296. The molecule has 0 saturated heterocycles. The van der Waals surface area contributed by atoms with E-state index in [0.717, 1.165) is 23.8 Å². The third kappa shape index (κ3) is 1.77. The van der Waals surface area contributed by atoms with Crippen molar-refractivity contribution in [1.82, 2.24) is 0 Å². The molecule has 0 spiro atoms. The predicted octanol–water partition coefficient (Wildman–Crippen LogP) is 3.74. The van der Waals surface area contributed by atoms with Gasteiger partial charge in [-0.1, -0.05) is 19.9 Å². The molecule has 1 heteroatoms. The number of Topliss-reactive ketones (excluding diaryl/α,β-unsaturated/α-hetero) is 1. The topological polar surface area (TPSA) is 17.1 Å². The highest BCUT2D eigenvalue weighted by Crippen LogP contribution is 2.59. The average Bonchev–Trinajstić information content (AvgIpc) is 2.77. The Balaban J connectivity index is 2.10. The number of ketones is 1. The minimum Gasteiger partial charge on any atom is -0.295 e. The van der Waals surface area contributed by atoms with Crippen LogP contribution in [0.25, 0.3) is 0 Å². The van der Waals surface area contributed by atoms with Crippen LogP contribution in [0.2, 0.25) is 0 Å². The van der Waals surface area contributed by atoms with E-state index in [9.17, 15) is 4.79 Å². The van der Waals surface area contributed by atoms with Gasteiger partial charge in [0.25, 0.3) is 0 Å². The van der Waals surface area contributed by atoms with Gasteiger partial charge in [-0.05, 0) is 55.4 Å². The monoisotopic (exact) mass is 206 g/mol. The highest BCUT2D eigenvalue weighted by molar-refractivity contribution is 5.94. The molecule has 1 nitrogen and oxygen atoms in total. The Bertz CT molecular complexity index is 292. The number of rotatable bonds is 4. The molecule has 0 aromatic carbocycles. The van der Waals surface area contributed by atoms with E-state index in [2.05, 4.69) is 13.5 Å². The van der Waals surface area contributed by atoms with Gasteiger partial charge in [0.15, 0.2) is 5.78 Å². The van der Waals surface area contributed by atoms with E-state index in [1.54, 1.807) is 0 Å². The Morgan fingerprint density at radius 2 is 2.20 bits per heavy atom. The minimum absolute atomic E-state index is 0.296. The third-order valence-electron chi connectivity index (χ3n) is 4.80. The molecule has 3 atom stereocenters. The Kier molecular flexibility index (Phi) is 2.74. The highest BCUT2D eigenvalue weighted by Gasteiger charge is 2.50. The van der Waals surface area contributed by atoms with Crippen LogP contribution in [0.5, 0.6) is 0 Å². The van der Waals surface area contributed by atoms with Crippen molar-refractivity contribution >= 4 is 5.78 Å². The molecule has 0 aromatic heterocycles. The van der Waals surface area contributed by atoms with Crippen molar-refractivity contribution in [2.24, 2.45) is 17.3 Å². The molecule has 0 radical (unpaired) electrons. The molecule has 84 valence electrons. The summed E-state index contributed by atoms with van der Waals surface area (Å²) < 4.78 is 0. The Morgan fingerprint density at radius 3 is 2.60 bits per heavy atom. The van der Waals surface area contributed by atoms with Crippen LogP contribution in [-0.4, -0.2) is 5.78 Å². The Morgan fingerprint density at radius 1 is 1.47 bits per heavy atom. The summed E-state index contributed by atoms with van der Waals surface area (Å²) in [7, 11) is 0. The van der Waals surface area contributed by atoms with Crippen molar-refractivity contribution < 1.29 is 4.79 Å². The van der Waals surface area contributed by atoms with E-state index in [4.69, 9.17) is 0 Å². The number of fused-ring (bicyclic) bond motifs is 2. The maximum atomic E-state index is 11.8. The highest BCUT2D eigenvalue weighted by atomic mass is 16.1. The van der Waals surface area contributed by atoms with Crippen LogP contribution in [0.1, 0.15) is 52.4 Å². The first-order chi connectivity index (χ1) is 7.07. The fourth-order valence-corrected chi connectivity index (χ4v) is 3.80. The van der Waals surface area contributed by atoms with E-state index >= 15 is 0 Å². The van der Waals surface area contributed by atoms with Gasteiger partial charge in [0.1, 0.15) is 0 Å². The van der Waals surface area contributed by atoms with Crippen molar-refractivity contribution in [3.8, 4) is 0 Å². The summed E-state index contributed by atoms with van der Waals surface area (Å²) in [6, 6.07) is 0. The lowest BCUT2D eigenvalue weighted by molar-refractivity contribution is -0.118. The van der Waals surface area contributed by atoms with Crippen LogP contribution in [0.15, 0.2) is 12.2 Å². The average molecular weight is 206 g/mol. The Labute approximate surface area is 92.9 Å². The maximum Gasteiger partial charge on any atom is 0.158 e. The molecule has 2 aliphatic rings. The van der Waals surface area contributed by atoms with Gasteiger partial charge in [-0.25, -0.2) is 0 Å². The lowest BCUT2D eigenvalue weighted by atomic mass is 9.68. The number of hydrogen-bond donors (Lipinski definition) is 0. The summed E-state index contributed by atoms with van der Waals surface area (Å²) in [4.78, 5) is 11.8. The molecule has 2 rings (SSSR count). The summed E-state index contributed by atoms with van der Waals surface area (Å²) in [5.74, 6) is 2.05. The van der Waals surface area contributed by atoms with Crippen molar-refractivity contribution in [1.29, 1.82) is 0 Å². The van der Waals surface area contributed by atoms with Gasteiger partial charge in [-0.15, -0.1) is 0 Å². The van der Waals surface area contributed by atoms with Crippen LogP contribution in [0, 0.1) is 17.3 Å². The molecule has 0 amide bonds. The number of hydrogen-bond acceptors (Lipinski definition) is 1. The van der Waals surface area contributed by atoms with Gasteiger partial charge < -0.3 is 0 Å². The molecular weight excluding hydrogens is 184 g/mol. The molecule has 2 bridgehead atoms. The lowest BCUT2D eigenvalue weighted by Crippen LogP contribution is -2.30. The fourth-order valence-electron chi connectivity index (χ4n) is 3.80. The second-order valence-corrected chi connectivity index (χ2v) is 5.68. The van der Waals surface area contributed by atoms with Crippen LogP contribution in [0.4, 0.5) is 0 Å². The molecular formula is C14H22O. The van der Waals surface area contributed by atoms with E-state index in [1.807, 2.05) is 6.92 Å². The van der Waals surface area contributed by atoms with Crippen LogP contribution >= 0.6 is 0 Å². The molecule has 2 saturated carbocycles. The SMILES string of the molecule is C=C(C)C(=O)CC1(CC)CC2CCC1C2. The van der Waals surface area contributed by atoms with Crippen LogP contribution < -0.4 is 0 Å². The standard InChI is InChI=1S/C14H22O/c1-4-14(9-13(15)10(2)3)8-11-5-6-12(14)7-11/h11-12H,2,4-9H2,1,3H3.